The summed E-state index contributed by atoms with van der Waals surface area (Å²) in [4.78, 5) is 18.6. The van der Waals surface area contributed by atoms with Gasteiger partial charge in [-0.1, -0.05) is 61.8 Å². The van der Waals surface area contributed by atoms with Crippen LogP contribution in [0.25, 0.3) is 11.4 Å². The van der Waals surface area contributed by atoms with Gasteiger partial charge in [0.2, 0.25) is 11.7 Å². The van der Waals surface area contributed by atoms with E-state index in [0.717, 1.165) is 22.4 Å². The van der Waals surface area contributed by atoms with Crippen molar-refractivity contribution in [1.82, 2.24) is 10.1 Å². The minimum absolute atomic E-state index is 0.000101. The predicted octanol–water partition coefficient (Wildman–Crippen LogP) is 4.27. The van der Waals surface area contributed by atoms with Crippen LogP contribution in [-0.2, 0) is 16.8 Å². The Bertz CT molecular complexity index is 1020. The molecule has 0 aliphatic carbocycles. The lowest BCUT2D eigenvalue weighted by Gasteiger charge is -2.30. The first kappa shape index (κ1) is 18.2. The van der Waals surface area contributed by atoms with Gasteiger partial charge in [-0.3, -0.25) is 9.69 Å². The molecule has 0 N–H and O–H groups in total. The molecule has 2 heterocycles. The molecule has 0 spiro atoms. The number of anilines is 1. The van der Waals surface area contributed by atoms with Gasteiger partial charge in [0.25, 0.3) is 5.91 Å². The van der Waals surface area contributed by atoms with Crippen LogP contribution >= 0.6 is 0 Å². The summed E-state index contributed by atoms with van der Waals surface area (Å²) in [7, 11) is 0. The lowest BCUT2D eigenvalue weighted by Crippen LogP contribution is -2.38. The molecule has 3 aromatic rings. The highest BCUT2D eigenvalue weighted by molar-refractivity contribution is 5.97. The Labute approximate surface area is 164 Å². The average molecular weight is 377 g/mol. The summed E-state index contributed by atoms with van der Waals surface area (Å²) in [5.41, 5.74) is 3.92. The number of hydrogen-bond acceptors (Lipinski definition) is 5. The molecule has 0 saturated carbocycles. The molecule has 6 heteroatoms. The first-order valence-electron chi connectivity index (χ1n) is 9.28. The van der Waals surface area contributed by atoms with Crippen molar-refractivity contribution in [1.29, 1.82) is 0 Å². The van der Waals surface area contributed by atoms with Crippen LogP contribution < -0.4 is 9.64 Å². The van der Waals surface area contributed by atoms with Crippen LogP contribution in [0.2, 0.25) is 0 Å². The molecule has 2 aromatic carbocycles. The summed E-state index contributed by atoms with van der Waals surface area (Å²) in [5, 5.41) is 4.05. The highest BCUT2D eigenvalue weighted by Gasteiger charge is 2.29. The van der Waals surface area contributed by atoms with Crippen LogP contribution in [0.3, 0.4) is 0 Å². The average Bonchev–Trinajstić information content (AvgIpc) is 3.12. The number of ether oxygens (including phenoxy) is 1. The lowest BCUT2D eigenvalue weighted by molar-refractivity contribution is -0.121. The van der Waals surface area contributed by atoms with Gasteiger partial charge < -0.3 is 9.26 Å². The molecule has 0 atom stereocenters. The van der Waals surface area contributed by atoms with E-state index >= 15 is 0 Å². The highest BCUT2D eigenvalue weighted by Crippen LogP contribution is 2.37. The Hall–Kier alpha value is -3.15. The first-order chi connectivity index (χ1) is 13.3. The number of nitrogens with zero attached hydrogens (tertiary/aromatic N) is 3. The van der Waals surface area contributed by atoms with Gasteiger partial charge in [-0.05, 0) is 30.0 Å². The van der Waals surface area contributed by atoms with Crippen molar-refractivity contribution in [3.8, 4) is 17.1 Å². The molecule has 1 aliphatic heterocycles. The smallest absolute Gasteiger partial charge is 0.265 e. The third-order valence-corrected chi connectivity index (χ3v) is 4.84. The van der Waals surface area contributed by atoms with Gasteiger partial charge in [-0.15, -0.1) is 0 Å². The molecule has 28 heavy (non-hydrogen) atoms. The van der Waals surface area contributed by atoms with E-state index in [9.17, 15) is 4.79 Å². The summed E-state index contributed by atoms with van der Waals surface area (Å²) in [6.07, 6.45) is 0. The molecule has 6 nitrogen and oxygen atoms in total. The van der Waals surface area contributed by atoms with Crippen LogP contribution in [0, 0.1) is 6.92 Å². The minimum atomic E-state index is -0.133. The predicted molar refractivity (Wildman–Crippen MR) is 106 cm³/mol. The monoisotopic (exact) mass is 377 g/mol. The van der Waals surface area contributed by atoms with Crippen molar-refractivity contribution >= 4 is 11.6 Å². The van der Waals surface area contributed by atoms with Crippen molar-refractivity contribution in [2.45, 2.75) is 39.7 Å². The summed E-state index contributed by atoms with van der Waals surface area (Å²) < 4.78 is 11.1. The molecule has 1 aliphatic rings. The van der Waals surface area contributed by atoms with Gasteiger partial charge in [0.1, 0.15) is 12.3 Å². The second-order valence-electron chi connectivity index (χ2n) is 8.08. The van der Waals surface area contributed by atoms with Crippen LogP contribution in [0.15, 0.2) is 47.0 Å². The maximum atomic E-state index is 12.5. The topological polar surface area (TPSA) is 68.5 Å². The van der Waals surface area contributed by atoms with E-state index in [4.69, 9.17) is 9.26 Å². The van der Waals surface area contributed by atoms with E-state index in [1.54, 1.807) is 4.90 Å². The summed E-state index contributed by atoms with van der Waals surface area (Å²) in [5.74, 6) is 1.46. The van der Waals surface area contributed by atoms with Crippen molar-refractivity contribution < 1.29 is 14.1 Å². The molecule has 4 rings (SSSR count). The van der Waals surface area contributed by atoms with E-state index in [1.807, 2.05) is 49.4 Å². The fourth-order valence-corrected chi connectivity index (χ4v) is 3.12. The molecule has 0 unspecified atom stereocenters. The van der Waals surface area contributed by atoms with E-state index in [-0.39, 0.29) is 24.5 Å². The molecular weight excluding hydrogens is 354 g/mol. The number of aromatic nitrogens is 2. The number of carbonyl (C=O) groups excluding carboxylic acids is 1. The van der Waals surface area contributed by atoms with E-state index in [2.05, 4.69) is 30.9 Å². The summed E-state index contributed by atoms with van der Waals surface area (Å²) in [6.45, 7) is 8.67. The normalized spacial score (nSPS) is 14.0. The fraction of sp³-hybridized carbons (Fsp3) is 0.318. The minimum Gasteiger partial charge on any atom is -0.482 e. The number of aryl methyl sites for hydroxylation is 1. The first-order valence-corrected chi connectivity index (χ1v) is 9.28. The largest absolute Gasteiger partial charge is 0.482 e. The number of fused-ring (bicyclic) bond motifs is 1. The molecule has 0 fully saturated rings. The Morgan fingerprint density at radius 2 is 1.86 bits per heavy atom. The number of benzene rings is 2. The van der Waals surface area contributed by atoms with E-state index < -0.39 is 0 Å². The van der Waals surface area contributed by atoms with E-state index in [0.29, 0.717) is 17.5 Å². The Kier molecular flexibility index (Phi) is 4.41. The maximum Gasteiger partial charge on any atom is 0.265 e. The zero-order valence-corrected chi connectivity index (χ0v) is 16.5. The molecule has 1 amide bonds. The molecule has 0 radical (unpaired) electrons. The number of carbonyl (C=O) groups is 1. The van der Waals surface area contributed by atoms with E-state index in [1.165, 1.54) is 0 Å². The summed E-state index contributed by atoms with van der Waals surface area (Å²) >= 11 is 0. The third-order valence-electron chi connectivity index (χ3n) is 4.84. The zero-order chi connectivity index (χ0) is 19.9. The zero-order valence-electron chi connectivity index (χ0n) is 16.5. The number of amides is 1. The molecule has 144 valence electrons. The van der Waals surface area contributed by atoms with Gasteiger partial charge >= 0.3 is 0 Å². The van der Waals surface area contributed by atoms with Gasteiger partial charge in [0.15, 0.2) is 6.61 Å². The Balaban J connectivity index is 1.60. The SMILES string of the molecule is Cc1ccc(-c2noc(CN3C(=O)COc4cc(C(C)(C)C)ccc43)n2)cc1. The van der Waals surface area contributed by atoms with Crippen molar-refractivity contribution in [3.63, 3.8) is 0 Å². The van der Waals surface area contributed by atoms with Gasteiger partial charge in [0.05, 0.1) is 5.69 Å². The Morgan fingerprint density at radius 1 is 1.11 bits per heavy atom. The third kappa shape index (κ3) is 3.50. The quantitative estimate of drug-likeness (QED) is 0.682. The highest BCUT2D eigenvalue weighted by atomic mass is 16.5. The van der Waals surface area contributed by atoms with Gasteiger partial charge in [-0.2, -0.15) is 4.98 Å². The molecule has 0 saturated heterocycles. The number of hydrogen-bond donors (Lipinski definition) is 0. The second kappa shape index (κ2) is 6.78. The van der Waals surface area contributed by atoms with Gasteiger partial charge in [0, 0.05) is 5.56 Å². The molecular formula is C22H23N3O3. The fourth-order valence-electron chi connectivity index (χ4n) is 3.12. The Morgan fingerprint density at radius 3 is 2.57 bits per heavy atom. The van der Waals surface area contributed by atoms with Crippen LogP contribution in [0.4, 0.5) is 5.69 Å². The summed E-state index contributed by atoms with van der Waals surface area (Å²) in [6, 6.07) is 13.9. The lowest BCUT2D eigenvalue weighted by atomic mass is 9.86. The second-order valence-corrected chi connectivity index (χ2v) is 8.08. The van der Waals surface area contributed by atoms with Crippen molar-refractivity contribution in [2.75, 3.05) is 11.5 Å². The van der Waals surface area contributed by atoms with Crippen LogP contribution in [0.1, 0.15) is 37.8 Å². The van der Waals surface area contributed by atoms with Crippen molar-refractivity contribution in [2.24, 2.45) is 0 Å². The van der Waals surface area contributed by atoms with Crippen molar-refractivity contribution in [3.05, 3.63) is 59.5 Å². The molecule has 1 aromatic heterocycles. The number of rotatable bonds is 3. The maximum absolute atomic E-state index is 12.5. The van der Waals surface area contributed by atoms with Crippen LogP contribution in [-0.4, -0.2) is 22.7 Å². The van der Waals surface area contributed by atoms with Gasteiger partial charge in [-0.25, -0.2) is 0 Å². The standard InChI is InChI=1S/C22H23N3O3/c1-14-5-7-15(8-6-14)21-23-19(28-24-21)12-25-17-10-9-16(22(2,3)4)11-18(17)27-13-20(25)26/h5-11H,12-13H2,1-4H3. The molecule has 0 bridgehead atoms. The van der Waals surface area contributed by atoms with Crippen LogP contribution in [0.5, 0.6) is 5.75 Å².